The van der Waals surface area contributed by atoms with Crippen LogP contribution >= 0.6 is 11.6 Å². The summed E-state index contributed by atoms with van der Waals surface area (Å²) in [6, 6.07) is 5.24. The maximum absolute atomic E-state index is 15.3. The van der Waals surface area contributed by atoms with Crippen LogP contribution in [0.2, 0.25) is 5.02 Å². The lowest BCUT2D eigenvalue weighted by Crippen LogP contribution is -2.18. The van der Waals surface area contributed by atoms with Crippen molar-refractivity contribution in [2.24, 2.45) is 5.92 Å². The Morgan fingerprint density at radius 3 is 2.94 bits per heavy atom. The number of aromatic amines is 1. The smallest absolute Gasteiger partial charge is 0.231 e. The molecule has 1 aliphatic carbocycles. The van der Waals surface area contributed by atoms with E-state index in [4.69, 9.17) is 11.6 Å². The fraction of sp³-hybridized carbons (Fsp3) is 0.286. The highest BCUT2D eigenvalue weighted by Gasteiger charge is 2.43. The van der Waals surface area contributed by atoms with Gasteiger partial charge >= 0.3 is 0 Å². The minimum absolute atomic E-state index is 0.00399. The van der Waals surface area contributed by atoms with Crippen molar-refractivity contribution in [3.63, 3.8) is 0 Å². The van der Waals surface area contributed by atoms with Crippen molar-refractivity contribution in [2.45, 2.75) is 19.5 Å². The predicted octanol–water partition coefficient (Wildman–Crippen LogP) is 4.42. The van der Waals surface area contributed by atoms with E-state index in [0.29, 0.717) is 45.6 Å². The summed E-state index contributed by atoms with van der Waals surface area (Å²) in [4.78, 5) is 13.8. The number of nitrogens with one attached hydrogen (secondary N) is 2. The van der Waals surface area contributed by atoms with Crippen LogP contribution in [0.25, 0.3) is 27.5 Å². The molecule has 2 N–H and O–H groups in total. The lowest BCUT2D eigenvalue weighted by atomic mass is 10.0. The second-order valence-corrected chi connectivity index (χ2v) is 8.06. The minimum atomic E-state index is -1.08. The molecule has 1 fully saturated rings. The van der Waals surface area contributed by atoms with E-state index in [-0.39, 0.29) is 17.4 Å². The number of carbonyl (C=O) groups is 1. The Hall–Kier alpha value is -3.20. The first-order valence-corrected chi connectivity index (χ1v) is 10.3. The average Bonchev–Trinajstić information content (AvgIpc) is 3.12. The Kier molecular flexibility index (Phi) is 4.58. The summed E-state index contributed by atoms with van der Waals surface area (Å²) in [6.07, 6.45) is 2.49. The number of benzene rings is 1. The Morgan fingerprint density at radius 2 is 2.23 bits per heavy atom. The van der Waals surface area contributed by atoms with Crippen LogP contribution in [0.15, 0.2) is 30.6 Å². The monoisotopic (exact) mass is 444 g/mol. The number of rotatable bonds is 5. The number of nitrogens with zero attached hydrogens (tertiary/aromatic N) is 4. The second kappa shape index (κ2) is 7.19. The van der Waals surface area contributed by atoms with E-state index in [2.05, 4.69) is 20.6 Å². The second-order valence-electron chi connectivity index (χ2n) is 7.69. The first-order chi connectivity index (χ1) is 14.9. The van der Waals surface area contributed by atoms with Gasteiger partial charge in [0.1, 0.15) is 11.9 Å². The van der Waals surface area contributed by atoms with Crippen LogP contribution in [0.4, 0.5) is 20.3 Å². The third-order valence-corrected chi connectivity index (χ3v) is 6.03. The van der Waals surface area contributed by atoms with Crippen molar-refractivity contribution >= 4 is 45.4 Å². The van der Waals surface area contributed by atoms with Crippen molar-refractivity contribution in [3.8, 4) is 11.1 Å². The molecule has 2 atom stereocenters. The van der Waals surface area contributed by atoms with Gasteiger partial charge in [0.05, 0.1) is 28.2 Å². The van der Waals surface area contributed by atoms with Crippen molar-refractivity contribution in [2.75, 3.05) is 23.8 Å². The van der Waals surface area contributed by atoms with E-state index < -0.39 is 17.9 Å². The number of hydrogen-bond donors (Lipinski definition) is 2. The fourth-order valence-corrected chi connectivity index (χ4v) is 4.06. The Bertz CT molecular complexity index is 1330. The third-order valence-electron chi connectivity index (χ3n) is 5.67. The molecule has 10 heteroatoms. The molecule has 0 spiro atoms. The molecule has 4 aromatic rings. The molecule has 2 unspecified atom stereocenters. The lowest BCUT2D eigenvalue weighted by Gasteiger charge is -2.20. The maximum Gasteiger partial charge on any atom is 0.231 e. The molecule has 1 aliphatic rings. The van der Waals surface area contributed by atoms with Gasteiger partial charge in [-0.05, 0) is 31.0 Å². The third kappa shape index (κ3) is 3.20. The first-order valence-electron chi connectivity index (χ1n) is 9.89. The molecule has 7 nitrogen and oxygen atoms in total. The van der Waals surface area contributed by atoms with Crippen LogP contribution in [-0.2, 0) is 4.79 Å². The number of carbonyl (C=O) groups excluding carboxylic acids is 1. The topological polar surface area (TPSA) is 78.3 Å². The van der Waals surface area contributed by atoms with E-state index >= 15 is 4.39 Å². The number of halogens is 3. The van der Waals surface area contributed by atoms with Gasteiger partial charge in [0.2, 0.25) is 5.91 Å². The Morgan fingerprint density at radius 1 is 1.45 bits per heavy atom. The van der Waals surface area contributed by atoms with Gasteiger partial charge in [0.25, 0.3) is 0 Å². The lowest BCUT2D eigenvalue weighted by molar-refractivity contribution is -0.117. The molecule has 31 heavy (non-hydrogen) atoms. The Balaban J connectivity index is 1.58. The van der Waals surface area contributed by atoms with Gasteiger partial charge in [-0.2, -0.15) is 10.2 Å². The minimum Gasteiger partial charge on any atom is -0.371 e. The molecule has 0 radical (unpaired) electrons. The number of hydrogen-bond acceptors (Lipinski definition) is 4. The van der Waals surface area contributed by atoms with Gasteiger partial charge < -0.3 is 10.2 Å². The van der Waals surface area contributed by atoms with Crippen LogP contribution in [0.5, 0.6) is 0 Å². The number of pyridine rings is 1. The van der Waals surface area contributed by atoms with E-state index in [1.54, 1.807) is 47.1 Å². The van der Waals surface area contributed by atoms with Crippen molar-refractivity contribution in [1.29, 1.82) is 0 Å². The van der Waals surface area contributed by atoms with Crippen molar-refractivity contribution < 1.29 is 13.6 Å². The van der Waals surface area contributed by atoms with Crippen LogP contribution < -0.4 is 10.2 Å². The molecule has 3 heterocycles. The van der Waals surface area contributed by atoms with E-state index in [0.717, 1.165) is 0 Å². The number of fused-ring (bicyclic) bond motifs is 2. The van der Waals surface area contributed by atoms with Crippen LogP contribution in [0, 0.1) is 11.7 Å². The average molecular weight is 445 g/mol. The zero-order valence-electron chi connectivity index (χ0n) is 16.8. The summed E-state index contributed by atoms with van der Waals surface area (Å²) in [7, 11) is 1.79. The molecule has 5 rings (SSSR count). The SMILES string of the molecule is CCN(C)c1c(F)c(Cl)c(-c2ccn3nc(NC(=O)C4CC4F)cc3c2)c2cn[nH]c12. The summed E-state index contributed by atoms with van der Waals surface area (Å²) in [5.41, 5.74) is 2.79. The highest BCUT2D eigenvalue weighted by atomic mass is 35.5. The standard InChI is InChI=1S/C21H19ClF2N6O/c1-3-29(2)20-18(24)17(22)16(13-9-25-27-19(13)20)10-4-5-30-11(6-10)7-15(28-30)26-21(31)12-8-14(12)23/h4-7,9,12,14H,3,8H2,1-2H3,(H,25,27)(H,26,28,31). The number of alkyl halides is 1. The van der Waals surface area contributed by atoms with Crippen molar-refractivity contribution in [1.82, 2.24) is 19.8 Å². The fourth-order valence-electron chi connectivity index (χ4n) is 3.76. The number of amides is 1. The largest absolute Gasteiger partial charge is 0.371 e. The zero-order valence-corrected chi connectivity index (χ0v) is 17.5. The number of aromatic nitrogens is 4. The quantitative estimate of drug-likeness (QED) is 0.477. The molecule has 1 amide bonds. The molecule has 3 aromatic heterocycles. The molecule has 0 aliphatic heterocycles. The van der Waals surface area contributed by atoms with E-state index in [9.17, 15) is 9.18 Å². The van der Waals surface area contributed by atoms with Gasteiger partial charge in [-0.25, -0.2) is 13.3 Å². The van der Waals surface area contributed by atoms with Crippen LogP contribution in [0.3, 0.4) is 0 Å². The van der Waals surface area contributed by atoms with Gasteiger partial charge in [0.15, 0.2) is 11.6 Å². The first kappa shape index (κ1) is 19.7. The van der Waals surface area contributed by atoms with Crippen LogP contribution in [0.1, 0.15) is 13.3 Å². The molecular weight excluding hydrogens is 426 g/mol. The van der Waals surface area contributed by atoms with Gasteiger partial charge in [-0.3, -0.25) is 9.89 Å². The molecule has 0 bridgehead atoms. The van der Waals surface area contributed by atoms with Gasteiger partial charge in [0, 0.05) is 36.8 Å². The van der Waals surface area contributed by atoms with E-state index in [1.165, 1.54) is 0 Å². The maximum atomic E-state index is 15.3. The number of H-pyrrole nitrogens is 1. The summed E-state index contributed by atoms with van der Waals surface area (Å²) in [5.74, 6) is -1.18. The van der Waals surface area contributed by atoms with E-state index in [1.807, 2.05) is 6.92 Å². The molecule has 160 valence electrons. The van der Waals surface area contributed by atoms with Gasteiger partial charge in [-0.15, -0.1) is 0 Å². The highest BCUT2D eigenvalue weighted by molar-refractivity contribution is 6.36. The molecular formula is C21H19ClF2N6O. The molecule has 0 saturated heterocycles. The summed E-state index contributed by atoms with van der Waals surface area (Å²) < 4.78 is 29.9. The zero-order chi connectivity index (χ0) is 21.9. The van der Waals surface area contributed by atoms with Crippen LogP contribution in [-0.4, -0.2) is 45.5 Å². The number of anilines is 2. The summed E-state index contributed by atoms with van der Waals surface area (Å²) in [5, 5.41) is 14.6. The van der Waals surface area contributed by atoms with Crippen molar-refractivity contribution in [3.05, 3.63) is 41.4 Å². The predicted molar refractivity (Wildman–Crippen MR) is 116 cm³/mol. The highest BCUT2D eigenvalue weighted by Crippen LogP contribution is 2.42. The molecule has 1 saturated carbocycles. The normalized spacial score (nSPS) is 18.0. The summed E-state index contributed by atoms with van der Waals surface area (Å²) in [6.45, 7) is 2.52. The summed E-state index contributed by atoms with van der Waals surface area (Å²) >= 11 is 6.49. The van der Waals surface area contributed by atoms with Gasteiger partial charge in [-0.1, -0.05) is 11.6 Å². The molecule has 1 aromatic carbocycles. The Labute approximate surface area is 181 Å².